The second kappa shape index (κ2) is 5.60. The zero-order valence-corrected chi connectivity index (χ0v) is 9.62. The average molecular weight is 230 g/mol. The standard InChI is InChI=1S/C14H15FN2/c15-14-11(9-16)5-4-6-12(14)10-17-13-7-2-1-3-8-13/h1-2,4-6,13,17H,3,7-8,10H2. The fourth-order valence-corrected chi connectivity index (χ4v) is 2.04. The van der Waals surface area contributed by atoms with Crippen LogP contribution < -0.4 is 5.32 Å². The smallest absolute Gasteiger partial charge is 0.145 e. The molecule has 0 spiro atoms. The molecule has 1 aromatic rings. The monoisotopic (exact) mass is 230 g/mol. The molecule has 0 heterocycles. The van der Waals surface area contributed by atoms with E-state index in [9.17, 15) is 4.39 Å². The Bertz CT molecular complexity index is 460. The lowest BCUT2D eigenvalue weighted by atomic mass is 10.0. The Balaban J connectivity index is 1.99. The molecule has 0 amide bonds. The quantitative estimate of drug-likeness (QED) is 0.810. The second-order valence-corrected chi connectivity index (χ2v) is 4.25. The lowest BCUT2D eigenvalue weighted by Gasteiger charge is -2.19. The molecule has 17 heavy (non-hydrogen) atoms. The van der Waals surface area contributed by atoms with Crippen molar-refractivity contribution < 1.29 is 4.39 Å². The van der Waals surface area contributed by atoms with Crippen molar-refractivity contribution >= 4 is 0 Å². The Kier molecular flexibility index (Phi) is 3.89. The minimum Gasteiger partial charge on any atom is -0.309 e. The summed E-state index contributed by atoms with van der Waals surface area (Å²) >= 11 is 0. The zero-order chi connectivity index (χ0) is 12.1. The van der Waals surface area contributed by atoms with Crippen LogP contribution in [0.1, 0.15) is 30.4 Å². The van der Waals surface area contributed by atoms with Gasteiger partial charge < -0.3 is 5.32 Å². The van der Waals surface area contributed by atoms with Gasteiger partial charge in [0.25, 0.3) is 0 Å². The van der Waals surface area contributed by atoms with Gasteiger partial charge in [-0.2, -0.15) is 5.26 Å². The maximum absolute atomic E-state index is 13.8. The van der Waals surface area contributed by atoms with E-state index in [1.54, 1.807) is 12.1 Å². The molecule has 1 atom stereocenters. The molecule has 88 valence electrons. The van der Waals surface area contributed by atoms with Crippen LogP contribution >= 0.6 is 0 Å². The van der Waals surface area contributed by atoms with E-state index in [0.717, 1.165) is 19.3 Å². The molecule has 1 N–H and O–H groups in total. The minimum atomic E-state index is -0.395. The summed E-state index contributed by atoms with van der Waals surface area (Å²) in [6, 6.07) is 7.23. The number of halogens is 1. The van der Waals surface area contributed by atoms with E-state index in [1.807, 2.05) is 6.07 Å². The van der Waals surface area contributed by atoms with Crippen molar-refractivity contribution in [3.8, 4) is 6.07 Å². The topological polar surface area (TPSA) is 35.8 Å². The van der Waals surface area contributed by atoms with Crippen molar-refractivity contribution in [2.75, 3.05) is 0 Å². The van der Waals surface area contributed by atoms with E-state index in [2.05, 4.69) is 17.5 Å². The fourth-order valence-electron chi connectivity index (χ4n) is 2.04. The van der Waals surface area contributed by atoms with E-state index in [1.165, 1.54) is 6.07 Å². The summed E-state index contributed by atoms with van der Waals surface area (Å²) in [6.07, 6.45) is 7.51. The maximum atomic E-state index is 13.8. The van der Waals surface area contributed by atoms with E-state index >= 15 is 0 Å². The van der Waals surface area contributed by atoms with Gasteiger partial charge in [-0.1, -0.05) is 24.3 Å². The number of benzene rings is 1. The number of nitrogens with one attached hydrogen (secondary N) is 1. The average Bonchev–Trinajstić information content (AvgIpc) is 2.39. The van der Waals surface area contributed by atoms with Gasteiger partial charge in [-0.05, 0) is 25.3 Å². The summed E-state index contributed by atoms with van der Waals surface area (Å²) < 4.78 is 13.8. The Morgan fingerprint density at radius 2 is 2.29 bits per heavy atom. The van der Waals surface area contributed by atoms with Gasteiger partial charge in [0.15, 0.2) is 0 Å². The second-order valence-electron chi connectivity index (χ2n) is 4.25. The van der Waals surface area contributed by atoms with Gasteiger partial charge in [0, 0.05) is 18.2 Å². The first-order chi connectivity index (χ1) is 8.31. The molecule has 1 aromatic carbocycles. The summed E-state index contributed by atoms with van der Waals surface area (Å²) in [5, 5.41) is 12.1. The lowest BCUT2D eigenvalue weighted by Crippen LogP contribution is -2.29. The van der Waals surface area contributed by atoms with Crippen molar-refractivity contribution in [2.45, 2.75) is 31.8 Å². The molecular formula is C14H15FN2. The SMILES string of the molecule is N#Cc1cccc(CNC2CC=CCC2)c1F. The third-order valence-corrected chi connectivity index (χ3v) is 3.05. The van der Waals surface area contributed by atoms with Crippen molar-refractivity contribution in [3.63, 3.8) is 0 Å². The molecule has 0 saturated carbocycles. The number of nitriles is 1. The first-order valence-electron chi connectivity index (χ1n) is 5.87. The zero-order valence-electron chi connectivity index (χ0n) is 9.62. The number of hydrogen-bond acceptors (Lipinski definition) is 2. The van der Waals surface area contributed by atoms with Gasteiger partial charge in [0.05, 0.1) is 5.56 Å². The van der Waals surface area contributed by atoms with Gasteiger partial charge in [0.1, 0.15) is 11.9 Å². The van der Waals surface area contributed by atoms with Gasteiger partial charge in [-0.25, -0.2) is 4.39 Å². The summed E-state index contributed by atoms with van der Waals surface area (Å²) in [7, 11) is 0. The fraction of sp³-hybridized carbons (Fsp3) is 0.357. The van der Waals surface area contributed by atoms with Crippen LogP contribution in [0.4, 0.5) is 4.39 Å². The van der Waals surface area contributed by atoms with Gasteiger partial charge in [0.2, 0.25) is 0 Å². The third-order valence-electron chi connectivity index (χ3n) is 3.05. The largest absolute Gasteiger partial charge is 0.309 e. The van der Waals surface area contributed by atoms with E-state index in [4.69, 9.17) is 5.26 Å². The predicted octanol–water partition coefficient (Wildman–Crippen LogP) is 2.90. The number of rotatable bonds is 3. The Hall–Kier alpha value is -1.66. The molecule has 0 fully saturated rings. The van der Waals surface area contributed by atoms with E-state index < -0.39 is 5.82 Å². The van der Waals surface area contributed by atoms with Crippen LogP contribution in [0.25, 0.3) is 0 Å². The van der Waals surface area contributed by atoms with Crippen LogP contribution in [0.3, 0.4) is 0 Å². The summed E-state index contributed by atoms with van der Waals surface area (Å²) in [6.45, 7) is 0.486. The number of hydrogen-bond donors (Lipinski definition) is 1. The molecule has 2 rings (SSSR count). The molecular weight excluding hydrogens is 215 g/mol. The van der Waals surface area contributed by atoms with Crippen molar-refractivity contribution in [3.05, 3.63) is 47.3 Å². The summed E-state index contributed by atoms with van der Waals surface area (Å²) in [5.41, 5.74) is 0.687. The normalized spacial score (nSPS) is 18.9. The Morgan fingerprint density at radius 1 is 1.41 bits per heavy atom. The van der Waals surface area contributed by atoms with Gasteiger partial charge in [-0.3, -0.25) is 0 Å². The van der Waals surface area contributed by atoms with Crippen LogP contribution in [0.5, 0.6) is 0 Å². The molecule has 1 aliphatic carbocycles. The third kappa shape index (κ3) is 2.92. The molecule has 1 aliphatic rings. The van der Waals surface area contributed by atoms with Gasteiger partial charge >= 0.3 is 0 Å². The van der Waals surface area contributed by atoms with Crippen molar-refractivity contribution in [2.24, 2.45) is 0 Å². The maximum Gasteiger partial charge on any atom is 0.145 e. The lowest BCUT2D eigenvalue weighted by molar-refractivity contribution is 0.466. The highest BCUT2D eigenvalue weighted by molar-refractivity contribution is 5.34. The van der Waals surface area contributed by atoms with Crippen LogP contribution in [-0.2, 0) is 6.54 Å². The highest BCUT2D eigenvalue weighted by Gasteiger charge is 2.11. The molecule has 0 aromatic heterocycles. The number of allylic oxidation sites excluding steroid dienone is 1. The first kappa shape index (κ1) is 11.8. The molecule has 3 heteroatoms. The van der Waals surface area contributed by atoms with E-state index in [-0.39, 0.29) is 5.56 Å². The minimum absolute atomic E-state index is 0.118. The Labute approximate surface area is 101 Å². The molecule has 2 nitrogen and oxygen atoms in total. The predicted molar refractivity (Wildman–Crippen MR) is 64.7 cm³/mol. The highest BCUT2D eigenvalue weighted by Crippen LogP contribution is 2.14. The van der Waals surface area contributed by atoms with Crippen molar-refractivity contribution in [1.82, 2.24) is 5.32 Å². The van der Waals surface area contributed by atoms with Crippen molar-refractivity contribution in [1.29, 1.82) is 5.26 Å². The van der Waals surface area contributed by atoms with Crippen LogP contribution in [0.2, 0.25) is 0 Å². The molecule has 1 unspecified atom stereocenters. The first-order valence-corrected chi connectivity index (χ1v) is 5.87. The van der Waals surface area contributed by atoms with Gasteiger partial charge in [-0.15, -0.1) is 0 Å². The molecule has 0 radical (unpaired) electrons. The van der Waals surface area contributed by atoms with Crippen LogP contribution in [0, 0.1) is 17.1 Å². The molecule has 0 aliphatic heterocycles. The Morgan fingerprint density at radius 3 is 3.00 bits per heavy atom. The summed E-state index contributed by atoms with van der Waals surface area (Å²) in [5.74, 6) is -0.395. The van der Waals surface area contributed by atoms with Crippen LogP contribution in [0.15, 0.2) is 30.4 Å². The molecule has 0 saturated heterocycles. The highest BCUT2D eigenvalue weighted by atomic mass is 19.1. The van der Waals surface area contributed by atoms with Crippen LogP contribution in [-0.4, -0.2) is 6.04 Å². The number of nitrogens with zero attached hydrogens (tertiary/aromatic N) is 1. The van der Waals surface area contributed by atoms with E-state index in [0.29, 0.717) is 18.2 Å². The summed E-state index contributed by atoms with van der Waals surface area (Å²) in [4.78, 5) is 0. The molecule has 0 bridgehead atoms.